The molecule has 18 heavy (non-hydrogen) atoms. The molecular formula is C13H16ClFN2O. The summed E-state index contributed by atoms with van der Waals surface area (Å²) in [6.45, 7) is 3.41. The molecule has 3 nitrogen and oxygen atoms in total. The average molecular weight is 271 g/mol. The molecule has 1 amide bonds. The Hall–Kier alpha value is -1.13. The van der Waals surface area contributed by atoms with Gasteiger partial charge in [-0.05, 0) is 31.5 Å². The van der Waals surface area contributed by atoms with Crippen LogP contribution in [0.15, 0.2) is 18.2 Å². The minimum atomic E-state index is -0.506. The average Bonchev–Trinajstić information content (AvgIpc) is 2.84. The normalized spacial score (nSPS) is 23.1. The van der Waals surface area contributed by atoms with E-state index in [1.54, 1.807) is 6.07 Å². The smallest absolute Gasteiger partial charge is 0.232 e. The Morgan fingerprint density at radius 1 is 1.61 bits per heavy atom. The molecule has 1 aliphatic heterocycles. The van der Waals surface area contributed by atoms with Crippen molar-refractivity contribution in [1.82, 2.24) is 5.32 Å². The summed E-state index contributed by atoms with van der Waals surface area (Å²) in [5.41, 5.74) is -0.380. The molecule has 0 radical (unpaired) electrons. The SMILES string of the molecule is CCC1(C(=O)Nc2c(F)cccc2Cl)CCNC1. The van der Waals surface area contributed by atoms with Crippen LogP contribution in [0.25, 0.3) is 0 Å². The Bertz CT molecular complexity index is 438. The monoisotopic (exact) mass is 270 g/mol. The number of halogens is 2. The number of benzene rings is 1. The van der Waals surface area contributed by atoms with Crippen molar-refractivity contribution in [2.45, 2.75) is 19.8 Å². The molecule has 98 valence electrons. The van der Waals surface area contributed by atoms with Crippen LogP contribution in [0, 0.1) is 11.2 Å². The van der Waals surface area contributed by atoms with Gasteiger partial charge in [0.25, 0.3) is 0 Å². The largest absolute Gasteiger partial charge is 0.322 e. The number of para-hydroxylation sites is 1. The van der Waals surface area contributed by atoms with Gasteiger partial charge in [0.1, 0.15) is 5.82 Å². The number of carbonyl (C=O) groups excluding carboxylic acids is 1. The number of hydrogen-bond donors (Lipinski definition) is 2. The summed E-state index contributed by atoms with van der Waals surface area (Å²) in [7, 11) is 0. The minimum absolute atomic E-state index is 0.0730. The van der Waals surface area contributed by atoms with Gasteiger partial charge in [0.2, 0.25) is 5.91 Å². The Morgan fingerprint density at radius 2 is 2.39 bits per heavy atom. The summed E-state index contributed by atoms with van der Waals surface area (Å²) in [4.78, 5) is 12.3. The molecule has 0 spiro atoms. The number of amides is 1. The van der Waals surface area contributed by atoms with Crippen LogP contribution in [0.4, 0.5) is 10.1 Å². The second-order valence-electron chi connectivity index (χ2n) is 4.61. The molecule has 1 saturated heterocycles. The molecule has 1 fully saturated rings. The fourth-order valence-electron chi connectivity index (χ4n) is 2.26. The van der Waals surface area contributed by atoms with Crippen LogP contribution in [-0.4, -0.2) is 19.0 Å². The molecular weight excluding hydrogens is 255 g/mol. The van der Waals surface area contributed by atoms with Crippen molar-refractivity contribution in [1.29, 1.82) is 0 Å². The zero-order chi connectivity index (χ0) is 13.2. The molecule has 5 heteroatoms. The first-order chi connectivity index (χ1) is 8.59. The van der Waals surface area contributed by atoms with E-state index in [0.717, 1.165) is 19.4 Å². The molecule has 0 bridgehead atoms. The van der Waals surface area contributed by atoms with Gasteiger partial charge in [-0.15, -0.1) is 0 Å². The van der Waals surface area contributed by atoms with E-state index in [1.807, 2.05) is 6.92 Å². The molecule has 1 atom stereocenters. The summed E-state index contributed by atoms with van der Waals surface area (Å²) >= 11 is 5.90. The molecule has 1 aliphatic rings. The van der Waals surface area contributed by atoms with E-state index in [1.165, 1.54) is 12.1 Å². The Labute approximate surface area is 111 Å². The molecule has 1 aromatic rings. The maximum absolute atomic E-state index is 13.6. The first-order valence-electron chi connectivity index (χ1n) is 6.05. The third-order valence-electron chi connectivity index (χ3n) is 3.60. The lowest BCUT2D eigenvalue weighted by Gasteiger charge is -2.25. The van der Waals surface area contributed by atoms with Gasteiger partial charge in [0.15, 0.2) is 0 Å². The molecule has 1 aromatic carbocycles. The molecule has 0 aromatic heterocycles. The van der Waals surface area contributed by atoms with E-state index in [9.17, 15) is 9.18 Å². The van der Waals surface area contributed by atoms with E-state index in [2.05, 4.69) is 10.6 Å². The zero-order valence-corrected chi connectivity index (χ0v) is 11.0. The maximum Gasteiger partial charge on any atom is 0.232 e. The molecule has 1 unspecified atom stereocenters. The third-order valence-corrected chi connectivity index (χ3v) is 3.92. The van der Waals surface area contributed by atoms with Gasteiger partial charge in [0, 0.05) is 6.54 Å². The minimum Gasteiger partial charge on any atom is -0.322 e. The van der Waals surface area contributed by atoms with Crippen LogP contribution in [0.3, 0.4) is 0 Å². The van der Waals surface area contributed by atoms with Gasteiger partial charge >= 0.3 is 0 Å². The van der Waals surface area contributed by atoms with Gasteiger partial charge in [0.05, 0.1) is 16.1 Å². The number of hydrogen-bond acceptors (Lipinski definition) is 2. The molecule has 0 saturated carbocycles. The first-order valence-corrected chi connectivity index (χ1v) is 6.43. The van der Waals surface area contributed by atoms with Gasteiger partial charge in [-0.25, -0.2) is 4.39 Å². The van der Waals surface area contributed by atoms with E-state index < -0.39 is 11.2 Å². The van der Waals surface area contributed by atoms with Crippen molar-refractivity contribution in [3.63, 3.8) is 0 Å². The van der Waals surface area contributed by atoms with Crippen molar-refractivity contribution < 1.29 is 9.18 Å². The number of anilines is 1. The molecule has 2 rings (SSSR count). The van der Waals surface area contributed by atoms with Crippen molar-refractivity contribution in [2.75, 3.05) is 18.4 Å². The fourth-order valence-corrected chi connectivity index (χ4v) is 2.47. The zero-order valence-electron chi connectivity index (χ0n) is 10.2. The fraction of sp³-hybridized carbons (Fsp3) is 0.462. The van der Waals surface area contributed by atoms with Crippen molar-refractivity contribution in [2.24, 2.45) is 5.41 Å². The van der Waals surface area contributed by atoms with Gasteiger partial charge in [-0.1, -0.05) is 24.6 Å². The Kier molecular flexibility index (Phi) is 3.88. The van der Waals surface area contributed by atoms with E-state index >= 15 is 0 Å². The standard InChI is InChI=1S/C13H16ClFN2O/c1-2-13(6-7-16-8-13)12(18)17-11-9(14)4-3-5-10(11)15/h3-5,16H,2,6-8H2,1H3,(H,17,18). The van der Waals surface area contributed by atoms with Crippen molar-refractivity contribution in [3.8, 4) is 0 Å². The highest BCUT2D eigenvalue weighted by Crippen LogP contribution is 2.33. The number of rotatable bonds is 3. The number of nitrogens with one attached hydrogen (secondary N) is 2. The van der Waals surface area contributed by atoms with Gasteiger partial charge in [-0.2, -0.15) is 0 Å². The molecule has 0 aliphatic carbocycles. The van der Waals surface area contributed by atoms with Gasteiger partial charge in [-0.3, -0.25) is 4.79 Å². The van der Waals surface area contributed by atoms with Crippen LogP contribution in [0.2, 0.25) is 5.02 Å². The highest BCUT2D eigenvalue weighted by molar-refractivity contribution is 6.33. The summed E-state index contributed by atoms with van der Waals surface area (Å²) in [6, 6.07) is 4.36. The maximum atomic E-state index is 13.6. The van der Waals surface area contributed by atoms with Crippen LogP contribution in [0.1, 0.15) is 19.8 Å². The quantitative estimate of drug-likeness (QED) is 0.887. The van der Waals surface area contributed by atoms with Crippen molar-refractivity contribution >= 4 is 23.2 Å². The first kappa shape index (κ1) is 13.3. The summed E-state index contributed by atoms with van der Waals surface area (Å²) in [5.74, 6) is -0.671. The molecule has 2 N–H and O–H groups in total. The van der Waals surface area contributed by atoms with Crippen molar-refractivity contribution in [3.05, 3.63) is 29.0 Å². The van der Waals surface area contributed by atoms with Crippen LogP contribution < -0.4 is 10.6 Å². The predicted molar refractivity (Wildman–Crippen MR) is 70.3 cm³/mol. The predicted octanol–water partition coefficient (Wildman–Crippen LogP) is 2.81. The van der Waals surface area contributed by atoms with Crippen LogP contribution in [0.5, 0.6) is 0 Å². The second-order valence-corrected chi connectivity index (χ2v) is 5.02. The highest BCUT2D eigenvalue weighted by atomic mass is 35.5. The molecule has 1 heterocycles. The lowest BCUT2D eigenvalue weighted by molar-refractivity contribution is -0.124. The number of carbonyl (C=O) groups is 1. The highest BCUT2D eigenvalue weighted by Gasteiger charge is 2.39. The Balaban J connectivity index is 2.21. The van der Waals surface area contributed by atoms with Crippen LogP contribution >= 0.6 is 11.6 Å². The summed E-state index contributed by atoms with van der Waals surface area (Å²) < 4.78 is 13.6. The lowest BCUT2D eigenvalue weighted by Crippen LogP contribution is -2.37. The van der Waals surface area contributed by atoms with E-state index in [0.29, 0.717) is 6.54 Å². The lowest BCUT2D eigenvalue weighted by atomic mass is 9.83. The summed E-state index contributed by atoms with van der Waals surface area (Å²) in [5, 5.41) is 6.02. The van der Waals surface area contributed by atoms with E-state index in [-0.39, 0.29) is 16.6 Å². The van der Waals surface area contributed by atoms with Gasteiger partial charge < -0.3 is 10.6 Å². The van der Waals surface area contributed by atoms with Crippen LogP contribution in [-0.2, 0) is 4.79 Å². The third kappa shape index (κ3) is 2.35. The topological polar surface area (TPSA) is 41.1 Å². The van der Waals surface area contributed by atoms with E-state index in [4.69, 9.17) is 11.6 Å². The second kappa shape index (κ2) is 5.24. The Morgan fingerprint density at radius 3 is 2.94 bits per heavy atom. The summed E-state index contributed by atoms with van der Waals surface area (Å²) in [6.07, 6.45) is 1.49.